The van der Waals surface area contributed by atoms with E-state index in [0.29, 0.717) is 44.3 Å². The number of hydrogen-bond donors (Lipinski definition) is 1. The molecule has 11 heteroatoms. The fourth-order valence-electron chi connectivity index (χ4n) is 4.89. The molecule has 4 aromatic rings. The fourth-order valence-corrected chi connectivity index (χ4v) is 7.05. The number of aryl methyl sites for hydroxylation is 2. The summed E-state index contributed by atoms with van der Waals surface area (Å²) in [6.45, 7) is 6.35. The van der Waals surface area contributed by atoms with Gasteiger partial charge in [-0.05, 0) is 61.2 Å². The molecule has 1 amide bonds. The number of ether oxygens (including phenoxy) is 2. The van der Waals surface area contributed by atoms with Crippen molar-refractivity contribution in [2.75, 3.05) is 18.6 Å². The molecular weight excluding hydrogens is 618 g/mol. The zero-order chi connectivity index (χ0) is 31.4. The lowest BCUT2D eigenvalue weighted by molar-refractivity contribution is -0.132. The van der Waals surface area contributed by atoms with Crippen LogP contribution in [0.15, 0.2) is 70.6 Å². The first-order valence-electron chi connectivity index (χ1n) is 14.1. The minimum absolute atomic E-state index is 0.0362. The summed E-state index contributed by atoms with van der Waals surface area (Å²) in [4.78, 5) is 28.7. The highest BCUT2D eigenvalue weighted by atomic mass is 35.5. The van der Waals surface area contributed by atoms with E-state index in [0.717, 1.165) is 29.5 Å². The Morgan fingerprint density at radius 2 is 1.86 bits per heavy atom. The van der Waals surface area contributed by atoms with E-state index >= 15 is 0 Å². The maximum absolute atomic E-state index is 13.7. The molecule has 1 aliphatic heterocycles. The molecule has 1 unspecified atom stereocenters. The molecule has 44 heavy (non-hydrogen) atoms. The molecule has 0 radical (unpaired) electrons. The van der Waals surface area contributed by atoms with Crippen LogP contribution in [0.2, 0.25) is 5.02 Å². The molecule has 1 atom stereocenters. The van der Waals surface area contributed by atoms with Gasteiger partial charge in [0.25, 0.3) is 5.78 Å². The lowest BCUT2D eigenvalue weighted by Gasteiger charge is -2.23. The van der Waals surface area contributed by atoms with Gasteiger partial charge in [0.05, 0.1) is 25.3 Å². The van der Waals surface area contributed by atoms with Crippen LogP contribution in [-0.4, -0.2) is 40.7 Å². The van der Waals surface area contributed by atoms with Gasteiger partial charge in [-0.2, -0.15) is 0 Å². The van der Waals surface area contributed by atoms with E-state index in [1.54, 1.807) is 24.3 Å². The van der Waals surface area contributed by atoms with Crippen molar-refractivity contribution < 1.29 is 24.2 Å². The Morgan fingerprint density at radius 1 is 1.07 bits per heavy atom. The lowest BCUT2D eigenvalue weighted by Crippen LogP contribution is -2.29. The Morgan fingerprint density at radius 3 is 2.61 bits per heavy atom. The molecule has 1 saturated heterocycles. The largest absolute Gasteiger partial charge is 0.507 e. The van der Waals surface area contributed by atoms with Crippen LogP contribution in [0.4, 0.5) is 5.13 Å². The summed E-state index contributed by atoms with van der Waals surface area (Å²) in [6.07, 6.45) is 1.86. The summed E-state index contributed by atoms with van der Waals surface area (Å²) in [6, 6.07) is 17.4. The molecule has 1 aliphatic rings. The molecule has 5 rings (SSSR count). The van der Waals surface area contributed by atoms with Crippen LogP contribution in [0.3, 0.4) is 0 Å². The van der Waals surface area contributed by atoms with E-state index in [-0.39, 0.29) is 16.5 Å². The van der Waals surface area contributed by atoms with Crippen LogP contribution in [0.25, 0.3) is 5.76 Å². The van der Waals surface area contributed by atoms with Gasteiger partial charge >= 0.3 is 5.91 Å². The molecule has 228 valence electrons. The predicted octanol–water partition coefficient (Wildman–Crippen LogP) is 7.91. The number of ketones is 1. The van der Waals surface area contributed by atoms with E-state index in [4.69, 9.17) is 21.1 Å². The first-order valence-corrected chi connectivity index (χ1v) is 16.3. The number of aliphatic hydroxyl groups is 1. The normalized spacial score (nSPS) is 16.0. The number of amides is 1. The number of unbranched alkanes of at least 4 members (excludes halogenated alkanes) is 1. The van der Waals surface area contributed by atoms with E-state index in [1.807, 2.05) is 50.2 Å². The molecule has 0 aliphatic carbocycles. The zero-order valence-corrected chi connectivity index (χ0v) is 27.2. The highest BCUT2D eigenvalue weighted by Gasteiger charge is 2.48. The summed E-state index contributed by atoms with van der Waals surface area (Å²) < 4.78 is 12.2. The van der Waals surface area contributed by atoms with Crippen molar-refractivity contribution in [1.29, 1.82) is 0 Å². The number of nitrogens with zero attached hydrogens (tertiary/aromatic N) is 3. The Hall–Kier alpha value is -3.86. The van der Waals surface area contributed by atoms with Crippen LogP contribution < -0.4 is 14.4 Å². The third-order valence-electron chi connectivity index (χ3n) is 7.26. The van der Waals surface area contributed by atoms with Gasteiger partial charge in [-0.3, -0.25) is 14.5 Å². The third-order valence-corrected chi connectivity index (χ3v) is 9.74. The lowest BCUT2D eigenvalue weighted by atomic mass is 9.93. The average Bonchev–Trinajstić information content (AvgIpc) is 3.59. The van der Waals surface area contributed by atoms with Gasteiger partial charge < -0.3 is 14.6 Å². The number of thioether (sulfide) groups is 1. The molecule has 0 spiro atoms. The molecule has 2 heterocycles. The van der Waals surface area contributed by atoms with Crippen molar-refractivity contribution >= 4 is 57.3 Å². The first kappa shape index (κ1) is 31.6. The van der Waals surface area contributed by atoms with Crippen molar-refractivity contribution in [2.24, 2.45) is 0 Å². The topological polar surface area (TPSA) is 102 Å². The summed E-state index contributed by atoms with van der Waals surface area (Å²) in [5.74, 6) is -0.314. The van der Waals surface area contributed by atoms with E-state index in [2.05, 4.69) is 17.1 Å². The minimum atomic E-state index is -0.983. The van der Waals surface area contributed by atoms with Gasteiger partial charge in [0.15, 0.2) is 15.8 Å². The highest BCUT2D eigenvalue weighted by molar-refractivity contribution is 8.00. The van der Waals surface area contributed by atoms with Crippen molar-refractivity contribution in [3.8, 4) is 11.5 Å². The summed E-state index contributed by atoms with van der Waals surface area (Å²) in [7, 11) is 1.53. The Labute approximate surface area is 269 Å². The summed E-state index contributed by atoms with van der Waals surface area (Å²) >= 11 is 8.95. The smallest absolute Gasteiger partial charge is 0.301 e. The first-order chi connectivity index (χ1) is 21.2. The van der Waals surface area contributed by atoms with Crippen molar-refractivity contribution in [3.05, 3.63) is 99.1 Å². The second-order valence-corrected chi connectivity index (χ2v) is 12.9. The van der Waals surface area contributed by atoms with E-state index in [1.165, 1.54) is 35.1 Å². The molecular formula is C33H32ClN3O5S2. The van der Waals surface area contributed by atoms with Gasteiger partial charge in [-0.25, -0.2) is 0 Å². The zero-order valence-electron chi connectivity index (χ0n) is 24.8. The number of aromatic nitrogens is 2. The number of Topliss-reactive ketones (excluding diaryl/α,β-unsaturated/α-hetero) is 1. The minimum Gasteiger partial charge on any atom is -0.507 e. The number of hydrogen-bond acceptors (Lipinski definition) is 9. The van der Waals surface area contributed by atoms with Gasteiger partial charge in [-0.1, -0.05) is 90.0 Å². The van der Waals surface area contributed by atoms with Gasteiger partial charge in [0.1, 0.15) is 5.76 Å². The number of halogens is 1. The molecule has 0 bridgehead atoms. The van der Waals surface area contributed by atoms with Crippen molar-refractivity contribution in [2.45, 2.75) is 49.7 Å². The second-order valence-electron chi connectivity index (χ2n) is 10.3. The summed E-state index contributed by atoms with van der Waals surface area (Å²) in [5, 5.41) is 21.1. The molecule has 1 N–H and O–H groups in total. The number of benzene rings is 3. The third kappa shape index (κ3) is 6.47. The Balaban J connectivity index is 1.59. The SMILES string of the molecule is CCCCOc1ccc(C2/C(=C(\O)c3cc(C)ccc3C)C(=O)C(=O)N2c2nnc(SCc3ccccc3Cl)s2)cc1OC. The molecule has 0 saturated carbocycles. The van der Waals surface area contributed by atoms with Crippen LogP contribution in [0, 0.1) is 13.8 Å². The number of aliphatic hydroxyl groups excluding tert-OH is 1. The van der Waals surface area contributed by atoms with Gasteiger partial charge in [0.2, 0.25) is 5.13 Å². The molecule has 8 nitrogen and oxygen atoms in total. The number of carbonyl (C=O) groups excluding carboxylic acids is 2. The maximum Gasteiger partial charge on any atom is 0.301 e. The van der Waals surface area contributed by atoms with Crippen molar-refractivity contribution in [1.82, 2.24) is 10.2 Å². The van der Waals surface area contributed by atoms with Crippen LogP contribution in [-0.2, 0) is 15.3 Å². The van der Waals surface area contributed by atoms with Crippen LogP contribution >= 0.6 is 34.7 Å². The Bertz CT molecular complexity index is 1740. The highest BCUT2D eigenvalue weighted by Crippen LogP contribution is 2.46. The quantitative estimate of drug-likeness (QED) is 0.0437. The second kappa shape index (κ2) is 13.8. The monoisotopic (exact) mass is 649 g/mol. The standard InChI is InChI=1S/C33H32ClN3O5S2/c1-5-6-15-42-25-14-13-21(17-26(25)41-4)28-27(29(38)23-16-19(2)11-12-20(23)3)30(39)31(40)37(28)32-35-36-33(44-32)43-18-22-9-7-8-10-24(22)34/h7-14,16-17,28,38H,5-6,15,18H2,1-4H3/b29-27+. The molecule has 1 aromatic heterocycles. The number of carbonyl (C=O) groups is 2. The fraction of sp³-hybridized carbons (Fsp3) is 0.273. The number of methoxy groups -OCH3 is 1. The number of rotatable bonds is 11. The predicted molar refractivity (Wildman–Crippen MR) is 175 cm³/mol. The Kier molecular flexibility index (Phi) is 9.93. The van der Waals surface area contributed by atoms with Gasteiger partial charge in [0, 0.05) is 16.3 Å². The molecule has 3 aromatic carbocycles. The maximum atomic E-state index is 13.7. The van der Waals surface area contributed by atoms with E-state index < -0.39 is 17.7 Å². The van der Waals surface area contributed by atoms with Crippen LogP contribution in [0.1, 0.15) is 53.6 Å². The van der Waals surface area contributed by atoms with E-state index in [9.17, 15) is 14.7 Å². The molecule has 1 fully saturated rings. The van der Waals surface area contributed by atoms with Gasteiger partial charge in [-0.15, -0.1) is 10.2 Å². The number of anilines is 1. The summed E-state index contributed by atoms with van der Waals surface area (Å²) in [5.41, 5.74) is 3.61. The van der Waals surface area contributed by atoms with Crippen LogP contribution in [0.5, 0.6) is 11.5 Å². The van der Waals surface area contributed by atoms with Crippen molar-refractivity contribution in [3.63, 3.8) is 0 Å². The average molecular weight is 650 g/mol.